The molecule has 0 aromatic heterocycles. The van der Waals surface area contributed by atoms with Crippen LogP contribution in [0.15, 0.2) is 12.7 Å². The molecular formula is C6H11ClF3N. The lowest BCUT2D eigenvalue weighted by atomic mass is 10.1. The van der Waals surface area contributed by atoms with Crippen LogP contribution in [0.4, 0.5) is 13.2 Å². The molecule has 0 aliphatic carbocycles. The first-order chi connectivity index (χ1) is 4.48. The molecule has 1 nitrogen and oxygen atoms in total. The van der Waals surface area contributed by atoms with Crippen LogP contribution >= 0.6 is 12.4 Å². The largest absolute Gasteiger partial charge is 0.403 e. The van der Waals surface area contributed by atoms with Crippen LogP contribution in [0.5, 0.6) is 0 Å². The molecule has 0 aromatic rings. The first kappa shape index (κ1) is 13.4. The molecule has 0 aliphatic rings. The number of hydrogen-bond acceptors (Lipinski definition) is 1. The van der Waals surface area contributed by atoms with E-state index < -0.39 is 12.2 Å². The van der Waals surface area contributed by atoms with E-state index in [0.717, 1.165) is 0 Å². The molecule has 1 atom stereocenters. The molecule has 0 amide bonds. The fourth-order valence-corrected chi connectivity index (χ4v) is 0.461. The second-order valence-corrected chi connectivity index (χ2v) is 2.01. The Morgan fingerprint density at radius 1 is 1.45 bits per heavy atom. The maximum absolute atomic E-state index is 11.6. The van der Waals surface area contributed by atoms with Crippen molar-refractivity contribution in [2.75, 3.05) is 0 Å². The summed E-state index contributed by atoms with van der Waals surface area (Å²) < 4.78 is 34.8. The number of nitrogens with two attached hydrogens (primary N) is 1. The Morgan fingerprint density at radius 3 is 2.18 bits per heavy atom. The summed E-state index contributed by atoms with van der Waals surface area (Å²) in [4.78, 5) is 0. The van der Waals surface area contributed by atoms with Gasteiger partial charge in [-0.3, -0.25) is 0 Å². The Hall–Kier alpha value is -0.220. The molecule has 0 fully saturated rings. The van der Waals surface area contributed by atoms with Gasteiger partial charge in [0.15, 0.2) is 0 Å². The van der Waals surface area contributed by atoms with Crippen molar-refractivity contribution >= 4 is 12.4 Å². The van der Waals surface area contributed by atoms with Gasteiger partial charge in [-0.25, -0.2) is 0 Å². The maximum Gasteiger partial charge on any atom is 0.403 e. The fraction of sp³-hybridized carbons (Fsp3) is 0.667. The molecule has 0 spiro atoms. The summed E-state index contributed by atoms with van der Waals surface area (Å²) in [5, 5.41) is 0. The minimum Gasteiger partial charge on any atom is -0.320 e. The van der Waals surface area contributed by atoms with Gasteiger partial charge >= 0.3 is 6.18 Å². The highest BCUT2D eigenvalue weighted by atomic mass is 35.5. The van der Waals surface area contributed by atoms with Crippen LogP contribution < -0.4 is 5.73 Å². The minimum atomic E-state index is -4.26. The normalized spacial score (nSPS) is 13.5. The van der Waals surface area contributed by atoms with Gasteiger partial charge in [0.2, 0.25) is 0 Å². The summed E-state index contributed by atoms with van der Waals surface area (Å²) in [6, 6.07) is -1.70. The van der Waals surface area contributed by atoms with Gasteiger partial charge in [0.1, 0.15) is 6.04 Å². The van der Waals surface area contributed by atoms with Gasteiger partial charge in [-0.15, -0.1) is 19.0 Å². The van der Waals surface area contributed by atoms with Crippen molar-refractivity contribution in [1.29, 1.82) is 0 Å². The lowest BCUT2D eigenvalue weighted by Crippen LogP contribution is -2.36. The summed E-state index contributed by atoms with van der Waals surface area (Å²) in [5.74, 6) is 0. The molecule has 68 valence electrons. The van der Waals surface area contributed by atoms with Crippen LogP contribution in [-0.4, -0.2) is 12.2 Å². The van der Waals surface area contributed by atoms with Crippen molar-refractivity contribution in [1.82, 2.24) is 0 Å². The standard InChI is InChI=1S/C6H10F3N.ClH/c1-2-3-4-5(10)6(7,8)9;/h2,5H,1,3-4,10H2;1H/t5-;/m0./s1. The summed E-state index contributed by atoms with van der Waals surface area (Å²) in [6.45, 7) is 3.29. The van der Waals surface area contributed by atoms with Crippen molar-refractivity contribution in [3.63, 3.8) is 0 Å². The number of halogens is 4. The van der Waals surface area contributed by atoms with Crippen molar-refractivity contribution < 1.29 is 13.2 Å². The third-order valence-electron chi connectivity index (χ3n) is 1.10. The van der Waals surface area contributed by atoms with Crippen molar-refractivity contribution in [3.8, 4) is 0 Å². The first-order valence-corrected chi connectivity index (χ1v) is 2.91. The predicted octanol–water partition coefficient (Wildman–Crippen LogP) is 2.26. The zero-order valence-corrected chi connectivity index (χ0v) is 6.71. The quantitative estimate of drug-likeness (QED) is 0.678. The SMILES string of the molecule is C=CCC[C@H](N)C(F)(F)F.Cl. The van der Waals surface area contributed by atoms with Gasteiger partial charge in [0.05, 0.1) is 0 Å². The highest BCUT2D eigenvalue weighted by molar-refractivity contribution is 5.85. The number of allylic oxidation sites excluding steroid dienone is 1. The molecule has 0 unspecified atom stereocenters. The van der Waals surface area contributed by atoms with Gasteiger partial charge in [-0.2, -0.15) is 13.2 Å². The maximum atomic E-state index is 11.6. The van der Waals surface area contributed by atoms with E-state index in [1.807, 2.05) is 0 Å². The Morgan fingerprint density at radius 2 is 1.91 bits per heavy atom. The average molecular weight is 190 g/mol. The summed E-state index contributed by atoms with van der Waals surface area (Å²) in [5.41, 5.74) is 4.76. The highest BCUT2D eigenvalue weighted by Gasteiger charge is 2.35. The van der Waals surface area contributed by atoms with E-state index in [1.165, 1.54) is 6.08 Å². The second kappa shape index (κ2) is 5.43. The van der Waals surface area contributed by atoms with Crippen LogP contribution in [0.3, 0.4) is 0 Å². The van der Waals surface area contributed by atoms with E-state index in [0.29, 0.717) is 6.42 Å². The van der Waals surface area contributed by atoms with Crippen molar-refractivity contribution in [2.45, 2.75) is 25.1 Å². The average Bonchev–Trinajstić information content (AvgIpc) is 1.80. The summed E-state index contributed by atoms with van der Waals surface area (Å²) in [6.07, 6.45) is -2.61. The van der Waals surface area contributed by atoms with Crippen LogP contribution in [0, 0.1) is 0 Å². The van der Waals surface area contributed by atoms with Gasteiger partial charge in [-0.1, -0.05) is 6.08 Å². The molecule has 0 bridgehead atoms. The molecule has 5 heteroatoms. The van der Waals surface area contributed by atoms with Crippen LogP contribution in [0.25, 0.3) is 0 Å². The Bertz CT molecular complexity index is 113. The number of alkyl halides is 3. The van der Waals surface area contributed by atoms with Gasteiger partial charge < -0.3 is 5.73 Å². The van der Waals surface area contributed by atoms with Gasteiger partial charge in [-0.05, 0) is 12.8 Å². The molecule has 0 aliphatic heterocycles. The molecule has 2 N–H and O–H groups in total. The van der Waals surface area contributed by atoms with E-state index >= 15 is 0 Å². The zero-order chi connectivity index (χ0) is 8.20. The van der Waals surface area contributed by atoms with E-state index in [1.54, 1.807) is 0 Å². The van der Waals surface area contributed by atoms with Gasteiger partial charge in [0, 0.05) is 0 Å². The van der Waals surface area contributed by atoms with Crippen LogP contribution in [0.1, 0.15) is 12.8 Å². The topological polar surface area (TPSA) is 26.0 Å². The number of hydrogen-bond donors (Lipinski definition) is 1. The fourth-order valence-electron chi connectivity index (χ4n) is 0.461. The van der Waals surface area contributed by atoms with Crippen LogP contribution in [-0.2, 0) is 0 Å². The third kappa shape index (κ3) is 6.19. The lowest BCUT2D eigenvalue weighted by molar-refractivity contribution is -0.148. The van der Waals surface area contributed by atoms with E-state index in [-0.39, 0.29) is 18.8 Å². The molecule has 11 heavy (non-hydrogen) atoms. The van der Waals surface area contributed by atoms with E-state index in [9.17, 15) is 13.2 Å². The highest BCUT2D eigenvalue weighted by Crippen LogP contribution is 2.21. The van der Waals surface area contributed by atoms with E-state index in [4.69, 9.17) is 5.73 Å². The predicted molar refractivity (Wildman–Crippen MR) is 40.7 cm³/mol. The minimum absolute atomic E-state index is 0. The van der Waals surface area contributed by atoms with Crippen molar-refractivity contribution in [3.05, 3.63) is 12.7 Å². The zero-order valence-electron chi connectivity index (χ0n) is 5.90. The molecular weight excluding hydrogens is 179 g/mol. The van der Waals surface area contributed by atoms with Gasteiger partial charge in [0.25, 0.3) is 0 Å². The molecule has 0 rings (SSSR count). The smallest absolute Gasteiger partial charge is 0.320 e. The summed E-state index contributed by atoms with van der Waals surface area (Å²) >= 11 is 0. The second-order valence-electron chi connectivity index (χ2n) is 2.01. The van der Waals surface area contributed by atoms with E-state index in [2.05, 4.69) is 6.58 Å². The molecule has 0 saturated heterocycles. The Kier molecular flexibility index (Phi) is 6.61. The molecule has 0 saturated carbocycles. The third-order valence-corrected chi connectivity index (χ3v) is 1.10. The Balaban J connectivity index is 0. The molecule has 0 aromatic carbocycles. The number of rotatable bonds is 3. The van der Waals surface area contributed by atoms with Crippen molar-refractivity contribution in [2.24, 2.45) is 5.73 Å². The molecule has 0 heterocycles. The monoisotopic (exact) mass is 189 g/mol. The first-order valence-electron chi connectivity index (χ1n) is 2.91. The van der Waals surface area contributed by atoms with Crippen LogP contribution in [0.2, 0.25) is 0 Å². The molecule has 0 radical (unpaired) electrons. The lowest BCUT2D eigenvalue weighted by Gasteiger charge is -2.13. The Labute approximate surface area is 69.9 Å². The summed E-state index contributed by atoms with van der Waals surface area (Å²) in [7, 11) is 0.